The lowest BCUT2D eigenvalue weighted by Gasteiger charge is -2.26. The van der Waals surface area contributed by atoms with E-state index in [2.05, 4.69) is 181 Å². The number of anilines is 3. The lowest BCUT2D eigenvalue weighted by molar-refractivity contribution is 1.16. The van der Waals surface area contributed by atoms with Crippen molar-refractivity contribution in [3.05, 3.63) is 176 Å². The Morgan fingerprint density at radius 1 is 0.267 bits per heavy atom. The van der Waals surface area contributed by atoms with Gasteiger partial charge in [-0.25, -0.2) is 0 Å². The fraction of sp³-hybridized carbons (Fsp3) is 0. The minimum atomic E-state index is 1.12. The van der Waals surface area contributed by atoms with Gasteiger partial charge in [-0.2, -0.15) is 0 Å². The fourth-order valence-corrected chi connectivity index (χ4v) is 8.08. The van der Waals surface area contributed by atoms with Crippen LogP contribution in [0.25, 0.3) is 33.4 Å². The smallest absolute Gasteiger partial charge is 0.0462 e. The SMILES string of the molecule is c1ccc(-c2ccc(N(c3ccc(-c4ccccc4)cc3)c3ccc(-c4ccc5c(c4)Sc4ccccc4S5)cc3)cc2)cc1. The molecule has 0 N–H and O–H groups in total. The molecule has 0 amide bonds. The first-order chi connectivity index (χ1) is 22.3. The summed E-state index contributed by atoms with van der Waals surface area (Å²) in [5.41, 5.74) is 10.7. The predicted molar refractivity (Wildman–Crippen MR) is 192 cm³/mol. The van der Waals surface area contributed by atoms with E-state index < -0.39 is 0 Å². The van der Waals surface area contributed by atoms with E-state index in [1.165, 1.54) is 53.0 Å². The van der Waals surface area contributed by atoms with Crippen molar-refractivity contribution in [1.82, 2.24) is 0 Å². The van der Waals surface area contributed by atoms with E-state index in [9.17, 15) is 0 Å². The minimum Gasteiger partial charge on any atom is -0.311 e. The molecule has 0 aromatic heterocycles. The van der Waals surface area contributed by atoms with Gasteiger partial charge in [0.2, 0.25) is 0 Å². The number of fused-ring (bicyclic) bond motifs is 2. The molecule has 214 valence electrons. The molecular formula is C42H29NS2. The van der Waals surface area contributed by atoms with E-state index in [0.29, 0.717) is 0 Å². The Balaban J connectivity index is 1.13. The third kappa shape index (κ3) is 5.69. The monoisotopic (exact) mass is 611 g/mol. The van der Waals surface area contributed by atoms with E-state index in [-0.39, 0.29) is 0 Å². The van der Waals surface area contributed by atoms with Gasteiger partial charge >= 0.3 is 0 Å². The first-order valence-corrected chi connectivity index (χ1v) is 16.7. The van der Waals surface area contributed by atoms with E-state index in [1.807, 2.05) is 23.5 Å². The summed E-state index contributed by atoms with van der Waals surface area (Å²) in [5.74, 6) is 0. The maximum absolute atomic E-state index is 2.34. The molecule has 0 unspecified atom stereocenters. The molecule has 7 aromatic rings. The summed E-state index contributed by atoms with van der Waals surface area (Å²) in [6, 6.07) is 63.3. The van der Waals surface area contributed by atoms with Crippen LogP contribution >= 0.6 is 23.5 Å². The third-order valence-electron chi connectivity index (χ3n) is 8.16. The van der Waals surface area contributed by atoms with Crippen molar-refractivity contribution in [2.24, 2.45) is 0 Å². The van der Waals surface area contributed by atoms with Crippen LogP contribution in [0.4, 0.5) is 17.1 Å². The predicted octanol–water partition coefficient (Wildman–Crippen LogP) is 12.8. The van der Waals surface area contributed by atoms with Crippen molar-refractivity contribution in [1.29, 1.82) is 0 Å². The Hall–Kier alpha value is -4.96. The van der Waals surface area contributed by atoms with Gasteiger partial charge in [0, 0.05) is 36.6 Å². The van der Waals surface area contributed by atoms with E-state index >= 15 is 0 Å². The molecule has 1 aliphatic rings. The average Bonchev–Trinajstić information content (AvgIpc) is 3.12. The van der Waals surface area contributed by atoms with Crippen molar-refractivity contribution in [3.8, 4) is 33.4 Å². The van der Waals surface area contributed by atoms with Crippen molar-refractivity contribution in [2.75, 3.05) is 4.90 Å². The second kappa shape index (κ2) is 12.2. The molecule has 7 aromatic carbocycles. The summed E-state index contributed by atoms with van der Waals surface area (Å²) >= 11 is 3.72. The number of nitrogens with zero attached hydrogens (tertiary/aromatic N) is 1. The molecule has 0 bridgehead atoms. The normalized spacial score (nSPS) is 11.8. The summed E-state index contributed by atoms with van der Waals surface area (Å²) in [4.78, 5) is 7.64. The molecule has 0 aliphatic carbocycles. The maximum Gasteiger partial charge on any atom is 0.0462 e. The van der Waals surface area contributed by atoms with E-state index in [1.54, 1.807) is 0 Å². The summed E-state index contributed by atoms with van der Waals surface area (Å²) < 4.78 is 0. The van der Waals surface area contributed by atoms with Gasteiger partial charge in [0.15, 0.2) is 0 Å². The zero-order valence-corrected chi connectivity index (χ0v) is 26.1. The molecular weight excluding hydrogens is 583 g/mol. The zero-order valence-electron chi connectivity index (χ0n) is 24.5. The molecule has 1 heterocycles. The first-order valence-electron chi connectivity index (χ1n) is 15.1. The average molecular weight is 612 g/mol. The van der Waals surface area contributed by atoms with Crippen LogP contribution in [0.3, 0.4) is 0 Å². The number of hydrogen-bond acceptors (Lipinski definition) is 3. The van der Waals surface area contributed by atoms with Gasteiger partial charge in [-0.1, -0.05) is 139 Å². The maximum atomic E-state index is 2.34. The molecule has 0 fully saturated rings. The van der Waals surface area contributed by atoms with E-state index in [0.717, 1.165) is 17.1 Å². The molecule has 8 rings (SSSR count). The topological polar surface area (TPSA) is 3.24 Å². The largest absolute Gasteiger partial charge is 0.311 e. The van der Waals surface area contributed by atoms with Crippen molar-refractivity contribution in [2.45, 2.75) is 19.6 Å². The Morgan fingerprint density at radius 3 is 1.07 bits per heavy atom. The summed E-state index contributed by atoms with van der Waals surface area (Å²) in [7, 11) is 0. The quantitative estimate of drug-likeness (QED) is 0.184. The number of hydrogen-bond donors (Lipinski definition) is 0. The lowest BCUT2D eigenvalue weighted by Crippen LogP contribution is -2.09. The third-order valence-corrected chi connectivity index (χ3v) is 10.7. The molecule has 0 spiro atoms. The Labute approximate surface area is 273 Å². The number of rotatable bonds is 6. The first kappa shape index (κ1) is 27.6. The van der Waals surface area contributed by atoms with Crippen molar-refractivity contribution < 1.29 is 0 Å². The van der Waals surface area contributed by atoms with Crippen molar-refractivity contribution in [3.63, 3.8) is 0 Å². The Bertz CT molecular complexity index is 1990. The van der Waals surface area contributed by atoms with Crippen LogP contribution in [0.15, 0.2) is 196 Å². The van der Waals surface area contributed by atoms with Crippen LogP contribution < -0.4 is 4.90 Å². The fourth-order valence-electron chi connectivity index (χ4n) is 5.82. The van der Waals surface area contributed by atoms with Crippen LogP contribution in [-0.4, -0.2) is 0 Å². The Kier molecular flexibility index (Phi) is 7.48. The minimum absolute atomic E-state index is 1.12. The Morgan fingerprint density at radius 2 is 0.600 bits per heavy atom. The molecule has 1 nitrogen and oxygen atoms in total. The molecule has 0 saturated heterocycles. The highest BCUT2D eigenvalue weighted by molar-refractivity contribution is 8.05. The van der Waals surface area contributed by atoms with Crippen LogP contribution in [-0.2, 0) is 0 Å². The van der Waals surface area contributed by atoms with Crippen LogP contribution in [0.1, 0.15) is 0 Å². The highest BCUT2D eigenvalue weighted by atomic mass is 32.2. The van der Waals surface area contributed by atoms with Gasteiger partial charge in [-0.3, -0.25) is 0 Å². The van der Waals surface area contributed by atoms with Crippen LogP contribution in [0.5, 0.6) is 0 Å². The molecule has 0 radical (unpaired) electrons. The van der Waals surface area contributed by atoms with Gasteiger partial charge in [-0.05, 0) is 94.0 Å². The van der Waals surface area contributed by atoms with Gasteiger partial charge in [0.25, 0.3) is 0 Å². The lowest BCUT2D eigenvalue weighted by atomic mass is 10.0. The standard InChI is InChI=1S/C42H29NS2/c1-3-9-30(10-4-1)32-15-22-36(23-16-32)43(37-24-17-33(18-25-37)31-11-5-2-6-12-31)38-26-19-34(20-27-38)35-21-28-41-42(29-35)45-40-14-8-7-13-39(40)44-41/h1-29H. The summed E-state index contributed by atoms with van der Waals surface area (Å²) in [6.45, 7) is 0. The summed E-state index contributed by atoms with van der Waals surface area (Å²) in [6.07, 6.45) is 0. The van der Waals surface area contributed by atoms with Gasteiger partial charge in [0.05, 0.1) is 0 Å². The van der Waals surface area contributed by atoms with Gasteiger partial charge < -0.3 is 4.90 Å². The van der Waals surface area contributed by atoms with E-state index in [4.69, 9.17) is 0 Å². The molecule has 0 saturated carbocycles. The van der Waals surface area contributed by atoms with Crippen molar-refractivity contribution >= 4 is 40.6 Å². The highest BCUT2D eigenvalue weighted by Gasteiger charge is 2.18. The zero-order chi connectivity index (χ0) is 30.0. The van der Waals surface area contributed by atoms with Crippen LogP contribution in [0.2, 0.25) is 0 Å². The second-order valence-corrected chi connectivity index (χ2v) is 13.2. The molecule has 3 heteroatoms. The van der Waals surface area contributed by atoms with Crippen LogP contribution in [0, 0.1) is 0 Å². The molecule has 45 heavy (non-hydrogen) atoms. The molecule has 1 aliphatic heterocycles. The number of benzene rings is 7. The highest BCUT2D eigenvalue weighted by Crippen LogP contribution is 2.49. The van der Waals surface area contributed by atoms with Gasteiger partial charge in [0.1, 0.15) is 0 Å². The second-order valence-electron chi connectivity index (χ2n) is 11.0. The molecule has 0 atom stereocenters. The van der Waals surface area contributed by atoms with Gasteiger partial charge in [-0.15, -0.1) is 0 Å². The summed E-state index contributed by atoms with van der Waals surface area (Å²) in [5, 5.41) is 0.